The summed E-state index contributed by atoms with van der Waals surface area (Å²) < 4.78 is 21.8. The second-order valence-corrected chi connectivity index (χ2v) is 16.1. The van der Waals surface area contributed by atoms with Crippen LogP contribution < -0.4 is 31.6 Å². The van der Waals surface area contributed by atoms with Gasteiger partial charge in [-0.1, -0.05) is 146 Å². The Morgan fingerprint density at radius 1 is 0.424 bits per heavy atom. The maximum Gasteiger partial charge on any atom is 0.415 e. The number of primary amides is 2. The summed E-state index contributed by atoms with van der Waals surface area (Å²) in [7, 11) is 0. The molecule has 0 bridgehead atoms. The number of hydrogen-bond donors (Lipinski definition) is 4. The number of aryl methyl sites for hydroxylation is 2. The van der Waals surface area contributed by atoms with Crippen molar-refractivity contribution in [2.45, 2.75) is 64.8 Å². The normalized spacial score (nSPS) is 12.1. The predicted molar refractivity (Wildman–Crippen MR) is 258 cm³/mol. The Morgan fingerprint density at radius 3 is 1.09 bits per heavy atom. The van der Waals surface area contributed by atoms with Gasteiger partial charge >= 0.3 is 24.4 Å². The molecule has 0 heterocycles. The first kappa shape index (κ1) is 44.5. The van der Waals surface area contributed by atoms with E-state index in [9.17, 15) is 19.2 Å². The highest BCUT2D eigenvalue weighted by molar-refractivity contribution is 6.10. The molecular weight excluding hydrogens is 833 g/mol. The van der Waals surface area contributed by atoms with Crippen molar-refractivity contribution < 1.29 is 38.1 Å². The minimum Gasteiger partial charge on any atom is -0.426 e. The maximum absolute atomic E-state index is 13.2. The van der Waals surface area contributed by atoms with Crippen molar-refractivity contribution in [1.82, 2.24) is 10.6 Å². The van der Waals surface area contributed by atoms with E-state index in [4.69, 9.17) is 30.4 Å². The Bertz CT molecular complexity index is 2910. The van der Waals surface area contributed by atoms with Crippen molar-refractivity contribution in [2.24, 2.45) is 11.5 Å². The predicted octanol–water partition coefficient (Wildman–Crippen LogP) is 12.0. The van der Waals surface area contributed by atoms with E-state index in [2.05, 4.69) is 59.2 Å². The first-order valence-electron chi connectivity index (χ1n) is 22.0. The van der Waals surface area contributed by atoms with Crippen LogP contribution >= 0.6 is 0 Å². The van der Waals surface area contributed by atoms with Crippen LogP contribution in [0.15, 0.2) is 146 Å². The lowest BCUT2D eigenvalue weighted by Crippen LogP contribution is -2.39. The van der Waals surface area contributed by atoms with E-state index in [0.717, 1.165) is 115 Å². The molecule has 334 valence electrons. The van der Waals surface area contributed by atoms with Crippen LogP contribution in [-0.4, -0.2) is 36.8 Å². The van der Waals surface area contributed by atoms with Crippen LogP contribution in [0.3, 0.4) is 0 Å². The third-order valence-corrected chi connectivity index (χ3v) is 11.6. The summed E-state index contributed by atoms with van der Waals surface area (Å²) >= 11 is 0. The molecule has 8 aromatic carbocycles. The number of benzene rings is 8. The van der Waals surface area contributed by atoms with Gasteiger partial charge in [-0.05, 0) is 117 Å². The fraction of sp³-hybridized carbons (Fsp3) is 0.185. The monoisotopic (exact) mass is 882 g/mol. The molecule has 0 fully saturated rings. The molecule has 8 rings (SSSR count). The molecule has 0 spiro atoms. The lowest BCUT2D eigenvalue weighted by atomic mass is 9.87. The van der Waals surface area contributed by atoms with E-state index in [1.54, 1.807) is 12.1 Å². The first-order chi connectivity index (χ1) is 32.0. The highest BCUT2D eigenvalue weighted by atomic mass is 16.6. The molecule has 0 radical (unpaired) electrons. The van der Waals surface area contributed by atoms with Crippen molar-refractivity contribution in [1.29, 1.82) is 0 Å². The zero-order chi connectivity index (χ0) is 46.2. The first-order valence-corrected chi connectivity index (χ1v) is 22.0. The molecule has 0 saturated heterocycles. The lowest BCUT2D eigenvalue weighted by molar-refractivity contribution is 0.0933. The van der Waals surface area contributed by atoms with Gasteiger partial charge < -0.3 is 30.4 Å². The van der Waals surface area contributed by atoms with Crippen molar-refractivity contribution in [2.75, 3.05) is 0 Å². The van der Waals surface area contributed by atoms with E-state index in [-0.39, 0.29) is 0 Å². The maximum atomic E-state index is 13.2. The van der Waals surface area contributed by atoms with Crippen molar-refractivity contribution in [3.8, 4) is 33.8 Å². The van der Waals surface area contributed by atoms with E-state index < -0.39 is 36.8 Å². The minimum atomic E-state index is -1.01. The van der Waals surface area contributed by atoms with Gasteiger partial charge in [0.1, 0.15) is 11.5 Å². The summed E-state index contributed by atoms with van der Waals surface area (Å²) in [4.78, 5) is 49.0. The van der Waals surface area contributed by atoms with Crippen molar-refractivity contribution in [3.05, 3.63) is 157 Å². The highest BCUT2D eigenvalue weighted by Crippen LogP contribution is 2.45. The van der Waals surface area contributed by atoms with E-state index in [1.807, 2.05) is 84.9 Å². The molecule has 66 heavy (non-hydrogen) atoms. The zero-order valence-corrected chi connectivity index (χ0v) is 36.7. The van der Waals surface area contributed by atoms with Gasteiger partial charge in [0.2, 0.25) is 0 Å². The second-order valence-electron chi connectivity index (χ2n) is 16.1. The average molecular weight is 883 g/mol. The van der Waals surface area contributed by atoms with Crippen molar-refractivity contribution >= 4 is 67.5 Å². The van der Waals surface area contributed by atoms with Gasteiger partial charge in [0.05, 0.1) is 0 Å². The SMILES string of the molecule is CC(NC(=O)Oc1ccc2ccccc2c1-c1c(CCCCCCc2ccc3ccccc3c2-c2c(OC(=O)NC(C)OC(N)=O)ccc3ccccc23)ccc2ccccc12)OC(N)=O. The minimum absolute atomic E-state index is 0.369. The average Bonchev–Trinajstić information content (AvgIpc) is 3.29. The standard InChI is InChI=1S/C54H50N4O8/c1-33(63-51(55)59)57-53(61)65-45-31-29-37-17-9-13-23-43(37)49(45)47-39(27-25-35-15-7-11-21-41(35)47)19-5-3-4-6-20-40-28-26-36-16-8-12-22-42(36)48(40)50-44-24-14-10-18-38(44)30-32-46(50)66-54(62)58-34(2)64-52(56)60/h7-18,21-34H,3-6,19-20H2,1-2H3,(H2,55,59)(H2,56,60)(H,57,61)(H,58,62). The van der Waals surface area contributed by atoms with Crippen molar-refractivity contribution in [3.63, 3.8) is 0 Å². The topological polar surface area (TPSA) is 181 Å². The number of ether oxygens (including phenoxy) is 4. The molecule has 2 atom stereocenters. The third-order valence-electron chi connectivity index (χ3n) is 11.6. The molecule has 8 aromatic rings. The number of carbonyl (C=O) groups excluding carboxylic acids is 4. The lowest BCUT2D eigenvalue weighted by Gasteiger charge is -2.20. The Balaban J connectivity index is 1.05. The fourth-order valence-corrected chi connectivity index (χ4v) is 8.81. The molecule has 12 nitrogen and oxygen atoms in total. The molecule has 0 aliphatic heterocycles. The largest absolute Gasteiger partial charge is 0.426 e. The molecule has 0 aliphatic carbocycles. The van der Waals surface area contributed by atoms with E-state index >= 15 is 0 Å². The van der Waals surface area contributed by atoms with E-state index in [0.29, 0.717) is 11.5 Å². The Morgan fingerprint density at radius 2 is 0.742 bits per heavy atom. The number of carbonyl (C=O) groups is 4. The molecule has 2 unspecified atom stereocenters. The van der Waals surface area contributed by atoms with E-state index in [1.165, 1.54) is 13.8 Å². The number of unbranched alkanes of at least 4 members (excludes halogenated alkanes) is 3. The van der Waals surface area contributed by atoms with Gasteiger partial charge in [-0.3, -0.25) is 10.6 Å². The molecule has 4 amide bonds. The van der Waals surface area contributed by atoms with Crippen LogP contribution in [0.5, 0.6) is 11.5 Å². The molecule has 6 N–H and O–H groups in total. The van der Waals surface area contributed by atoms with Crippen LogP contribution in [0.25, 0.3) is 65.3 Å². The quantitative estimate of drug-likeness (QED) is 0.0579. The van der Waals surface area contributed by atoms with Crippen LogP contribution in [0.2, 0.25) is 0 Å². The summed E-state index contributed by atoms with van der Waals surface area (Å²) in [6.07, 6.45) is -0.281. The summed E-state index contributed by atoms with van der Waals surface area (Å²) in [6.45, 7) is 2.98. The van der Waals surface area contributed by atoms with Gasteiger partial charge in [-0.2, -0.15) is 0 Å². The Hall–Kier alpha value is -8.12. The van der Waals surface area contributed by atoms with Crippen LogP contribution in [0.4, 0.5) is 19.2 Å². The highest BCUT2D eigenvalue weighted by Gasteiger charge is 2.23. The molecular formula is C54H50N4O8. The molecule has 0 saturated carbocycles. The molecule has 0 aliphatic rings. The van der Waals surface area contributed by atoms with Crippen LogP contribution in [0.1, 0.15) is 50.7 Å². The third kappa shape index (κ3) is 10.1. The summed E-state index contributed by atoms with van der Waals surface area (Å²) in [5.74, 6) is 0.738. The smallest absolute Gasteiger partial charge is 0.415 e. The summed E-state index contributed by atoms with van der Waals surface area (Å²) in [6, 6.07) is 48.5. The number of fused-ring (bicyclic) bond motifs is 4. The number of nitrogens with two attached hydrogens (primary N) is 2. The molecule has 0 aromatic heterocycles. The van der Waals surface area contributed by atoms with Crippen LogP contribution in [0, 0.1) is 0 Å². The summed E-state index contributed by atoms with van der Waals surface area (Å²) in [5, 5.41) is 13.1. The summed E-state index contributed by atoms with van der Waals surface area (Å²) in [5.41, 5.74) is 16.2. The fourth-order valence-electron chi connectivity index (χ4n) is 8.81. The van der Waals surface area contributed by atoms with Gasteiger partial charge in [-0.25, -0.2) is 19.2 Å². The Kier molecular flexibility index (Phi) is 13.6. The van der Waals surface area contributed by atoms with Gasteiger partial charge in [0.25, 0.3) is 0 Å². The van der Waals surface area contributed by atoms with Crippen LogP contribution in [-0.2, 0) is 22.3 Å². The van der Waals surface area contributed by atoms with Gasteiger partial charge in [0.15, 0.2) is 12.5 Å². The van der Waals surface area contributed by atoms with Gasteiger partial charge in [-0.15, -0.1) is 0 Å². The zero-order valence-electron chi connectivity index (χ0n) is 36.7. The Labute approximate surface area is 381 Å². The second kappa shape index (κ2) is 20.2. The number of rotatable bonds is 15. The molecule has 12 heteroatoms. The number of amides is 4. The number of nitrogens with one attached hydrogen (secondary N) is 2. The van der Waals surface area contributed by atoms with Gasteiger partial charge in [0, 0.05) is 11.1 Å². The number of hydrogen-bond acceptors (Lipinski definition) is 8.